The molecule has 0 aliphatic rings. The Morgan fingerprint density at radius 3 is 2.46 bits per heavy atom. The SMILES string of the molecule is O=C(Nc1ccc([N+](=O)[O-])cc1)c1cc(Cl)cc2[nH]c(C(F)(F)F)nc12. The van der Waals surface area contributed by atoms with Crippen LogP contribution in [-0.4, -0.2) is 20.8 Å². The summed E-state index contributed by atoms with van der Waals surface area (Å²) >= 11 is 5.87. The minimum absolute atomic E-state index is 0.0429. The number of nitrogens with one attached hydrogen (secondary N) is 2. The Balaban J connectivity index is 1.97. The van der Waals surface area contributed by atoms with E-state index in [2.05, 4.69) is 15.3 Å². The lowest BCUT2D eigenvalue weighted by molar-refractivity contribution is -0.384. The summed E-state index contributed by atoms with van der Waals surface area (Å²) in [5.74, 6) is -2.01. The number of non-ortho nitro benzene ring substituents is 1. The van der Waals surface area contributed by atoms with Crippen LogP contribution in [0, 0.1) is 10.1 Å². The average Bonchev–Trinajstić information content (AvgIpc) is 2.98. The topological polar surface area (TPSA) is 101 Å². The van der Waals surface area contributed by atoms with Crippen LogP contribution in [0.25, 0.3) is 11.0 Å². The first-order valence-corrected chi connectivity index (χ1v) is 7.35. The molecule has 1 amide bonds. The van der Waals surface area contributed by atoms with Crippen molar-refractivity contribution in [1.82, 2.24) is 9.97 Å². The minimum Gasteiger partial charge on any atom is -0.334 e. The van der Waals surface area contributed by atoms with Gasteiger partial charge in [-0.25, -0.2) is 4.98 Å². The number of nitro benzene ring substituents is 1. The van der Waals surface area contributed by atoms with Gasteiger partial charge in [0.2, 0.25) is 5.82 Å². The maximum atomic E-state index is 12.8. The molecule has 0 saturated carbocycles. The highest BCUT2D eigenvalue weighted by atomic mass is 35.5. The molecule has 2 aromatic carbocycles. The fourth-order valence-electron chi connectivity index (χ4n) is 2.25. The predicted molar refractivity (Wildman–Crippen MR) is 87.2 cm³/mol. The van der Waals surface area contributed by atoms with E-state index in [1.165, 1.54) is 36.4 Å². The number of aromatic amines is 1. The molecule has 26 heavy (non-hydrogen) atoms. The van der Waals surface area contributed by atoms with Gasteiger partial charge < -0.3 is 10.3 Å². The number of rotatable bonds is 3. The monoisotopic (exact) mass is 384 g/mol. The summed E-state index contributed by atoms with van der Waals surface area (Å²) in [5.41, 5.74) is -0.354. The van der Waals surface area contributed by atoms with Gasteiger partial charge in [0.1, 0.15) is 5.52 Å². The molecule has 0 aliphatic carbocycles. The van der Waals surface area contributed by atoms with Crippen molar-refractivity contribution in [3.63, 3.8) is 0 Å². The highest BCUT2D eigenvalue weighted by Gasteiger charge is 2.35. The maximum absolute atomic E-state index is 12.8. The van der Waals surface area contributed by atoms with Crippen LogP contribution >= 0.6 is 11.6 Å². The van der Waals surface area contributed by atoms with E-state index in [1.807, 2.05) is 0 Å². The first kappa shape index (κ1) is 17.7. The summed E-state index contributed by atoms with van der Waals surface area (Å²) in [6, 6.07) is 7.36. The highest BCUT2D eigenvalue weighted by molar-refractivity contribution is 6.32. The van der Waals surface area contributed by atoms with E-state index in [9.17, 15) is 28.1 Å². The number of amides is 1. The van der Waals surface area contributed by atoms with Crippen LogP contribution < -0.4 is 5.32 Å². The Hall–Kier alpha value is -3.14. The van der Waals surface area contributed by atoms with Crippen LogP contribution in [0.2, 0.25) is 5.02 Å². The molecule has 1 aromatic heterocycles. The standard InChI is InChI=1S/C15H8ClF3N4O3/c16-7-5-10(12-11(6-7)21-14(22-12)15(17,18)19)13(24)20-8-1-3-9(4-2-8)23(25)26/h1-6H,(H,20,24)(H,21,22). The number of imidazole rings is 1. The van der Waals surface area contributed by atoms with Gasteiger partial charge in [0.05, 0.1) is 16.0 Å². The lowest BCUT2D eigenvalue weighted by Gasteiger charge is -2.06. The summed E-state index contributed by atoms with van der Waals surface area (Å²) in [6.45, 7) is 0. The van der Waals surface area contributed by atoms with Crippen molar-refractivity contribution in [2.24, 2.45) is 0 Å². The fraction of sp³-hybridized carbons (Fsp3) is 0.0667. The molecule has 0 unspecified atom stereocenters. The number of hydrogen-bond acceptors (Lipinski definition) is 4. The summed E-state index contributed by atoms with van der Waals surface area (Å²) in [5, 5.41) is 13.1. The maximum Gasteiger partial charge on any atom is 0.449 e. The molecule has 7 nitrogen and oxygen atoms in total. The van der Waals surface area contributed by atoms with E-state index in [1.54, 1.807) is 0 Å². The third-order valence-corrected chi connectivity index (χ3v) is 3.62. The summed E-state index contributed by atoms with van der Waals surface area (Å²) in [4.78, 5) is 28.0. The van der Waals surface area contributed by atoms with Crippen molar-refractivity contribution in [3.05, 3.63) is 62.9 Å². The fourth-order valence-corrected chi connectivity index (χ4v) is 2.47. The molecule has 0 aliphatic heterocycles. The molecule has 1 heterocycles. The van der Waals surface area contributed by atoms with Crippen LogP contribution in [-0.2, 0) is 6.18 Å². The number of nitrogens with zero attached hydrogens (tertiary/aromatic N) is 2. The Kier molecular flexibility index (Phi) is 4.28. The second kappa shape index (κ2) is 6.30. The number of hydrogen-bond donors (Lipinski definition) is 2. The number of carbonyl (C=O) groups is 1. The van der Waals surface area contributed by atoms with E-state index >= 15 is 0 Å². The Bertz CT molecular complexity index is 1020. The summed E-state index contributed by atoms with van der Waals surface area (Å²) in [7, 11) is 0. The zero-order valence-electron chi connectivity index (χ0n) is 12.6. The normalized spacial score (nSPS) is 11.5. The van der Waals surface area contributed by atoms with Gasteiger partial charge in [0.15, 0.2) is 0 Å². The number of aromatic nitrogens is 2. The Morgan fingerprint density at radius 1 is 1.23 bits per heavy atom. The molecule has 0 radical (unpaired) electrons. The zero-order valence-corrected chi connectivity index (χ0v) is 13.4. The van der Waals surface area contributed by atoms with Gasteiger partial charge in [-0.15, -0.1) is 0 Å². The van der Waals surface area contributed by atoms with Gasteiger partial charge in [-0.05, 0) is 24.3 Å². The molecule has 0 fully saturated rings. The first-order valence-electron chi connectivity index (χ1n) is 6.97. The molecule has 134 valence electrons. The van der Waals surface area contributed by atoms with Gasteiger partial charge in [0, 0.05) is 22.8 Å². The second-order valence-corrected chi connectivity index (χ2v) is 5.63. The Morgan fingerprint density at radius 2 is 1.88 bits per heavy atom. The van der Waals surface area contributed by atoms with Crippen LogP contribution in [0.5, 0.6) is 0 Å². The highest BCUT2D eigenvalue weighted by Crippen LogP contribution is 2.31. The van der Waals surface area contributed by atoms with Crippen LogP contribution in [0.1, 0.15) is 16.2 Å². The van der Waals surface area contributed by atoms with E-state index in [-0.39, 0.29) is 33.0 Å². The lowest BCUT2D eigenvalue weighted by Crippen LogP contribution is -2.12. The van der Waals surface area contributed by atoms with Crippen molar-refractivity contribution in [2.45, 2.75) is 6.18 Å². The Labute approximate surface area is 147 Å². The molecule has 2 N–H and O–H groups in total. The van der Waals surface area contributed by atoms with E-state index < -0.39 is 22.8 Å². The lowest BCUT2D eigenvalue weighted by atomic mass is 10.1. The second-order valence-electron chi connectivity index (χ2n) is 5.19. The quantitative estimate of drug-likeness (QED) is 0.516. The molecular formula is C15H8ClF3N4O3. The van der Waals surface area contributed by atoms with Gasteiger partial charge in [-0.1, -0.05) is 11.6 Å². The third-order valence-electron chi connectivity index (χ3n) is 3.40. The van der Waals surface area contributed by atoms with Crippen molar-refractivity contribution in [3.8, 4) is 0 Å². The molecular weight excluding hydrogens is 377 g/mol. The average molecular weight is 385 g/mol. The molecule has 11 heteroatoms. The smallest absolute Gasteiger partial charge is 0.334 e. The number of halogens is 4. The van der Waals surface area contributed by atoms with E-state index in [4.69, 9.17) is 11.6 Å². The van der Waals surface area contributed by atoms with Gasteiger partial charge in [-0.3, -0.25) is 14.9 Å². The number of fused-ring (bicyclic) bond motifs is 1. The number of anilines is 1. The van der Waals surface area contributed by atoms with Gasteiger partial charge in [0.25, 0.3) is 11.6 Å². The van der Waals surface area contributed by atoms with Crippen molar-refractivity contribution < 1.29 is 22.9 Å². The molecule has 3 rings (SSSR count). The van der Waals surface area contributed by atoms with E-state index in [0.717, 1.165) is 0 Å². The molecule has 0 saturated heterocycles. The van der Waals surface area contributed by atoms with E-state index in [0.29, 0.717) is 0 Å². The number of benzene rings is 2. The summed E-state index contributed by atoms with van der Waals surface area (Å²) < 4.78 is 38.5. The molecule has 0 atom stereocenters. The largest absolute Gasteiger partial charge is 0.449 e. The molecule has 0 spiro atoms. The first-order chi connectivity index (χ1) is 12.1. The van der Waals surface area contributed by atoms with Gasteiger partial charge >= 0.3 is 6.18 Å². The van der Waals surface area contributed by atoms with Crippen molar-refractivity contribution in [1.29, 1.82) is 0 Å². The zero-order chi connectivity index (χ0) is 19.1. The number of carbonyl (C=O) groups excluding carboxylic acids is 1. The molecule has 0 bridgehead atoms. The van der Waals surface area contributed by atoms with Crippen LogP contribution in [0.15, 0.2) is 36.4 Å². The van der Waals surface area contributed by atoms with Crippen molar-refractivity contribution >= 4 is 39.9 Å². The van der Waals surface area contributed by atoms with Crippen LogP contribution in [0.3, 0.4) is 0 Å². The van der Waals surface area contributed by atoms with Crippen molar-refractivity contribution in [2.75, 3.05) is 5.32 Å². The predicted octanol–water partition coefficient (Wildman–Crippen LogP) is 4.40. The minimum atomic E-state index is -4.71. The molecule has 3 aromatic rings. The van der Waals surface area contributed by atoms with Gasteiger partial charge in [-0.2, -0.15) is 13.2 Å². The number of alkyl halides is 3. The summed E-state index contributed by atoms with van der Waals surface area (Å²) in [6.07, 6.45) is -4.71. The number of H-pyrrole nitrogens is 1. The number of nitro groups is 1. The van der Waals surface area contributed by atoms with Crippen LogP contribution in [0.4, 0.5) is 24.5 Å². The third kappa shape index (κ3) is 3.45.